The molecule has 0 aliphatic carbocycles. The number of benzene rings is 1. The third-order valence-corrected chi connectivity index (χ3v) is 5.24. The highest BCUT2D eigenvalue weighted by atomic mass is 19.4. The van der Waals surface area contributed by atoms with E-state index in [2.05, 4.69) is 4.98 Å². The van der Waals surface area contributed by atoms with Gasteiger partial charge in [-0.25, -0.2) is 4.98 Å². The van der Waals surface area contributed by atoms with E-state index >= 15 is 0 Å². The van der Waals surface area contributed by atoms with Crippen LogP contribution in [0.15, 0.2) is 42.5 Å². The molecule has 2 N–H and O–H groups in total. The van der Waals surface area contributed by atoms with Crippen molar-refractivity contribution in [1.82, 2.24) is 4.98 Å². The Morgan fingerprint density at radius 2 is 1.96 bits per heavy atom. The van der Waals surface area contributed by atoms with Crippen LogP contribution in [0.5, 0.6) is 0 Å². The molecular weight excluding hydrogens is 373 g/mol. The van der Waals surface area contributed by atoms with Gasteiger partial charge < -0.3 is 15.1 Å². The molecular formula is C20H21F3N2O3. The molecule has 1 fully saturated rings. The van der Waals surface area contributed by atoms with Gasteiger partial charge in [0.25, 0.3) is 0 Å². The summed E-state index contributed by atoms with van der Waals surface area (Å²) < 4.78 is 39.3. The van der Waals surface area contributed by atoms with E-state index in [1.54, 1.807) is 24.3 Å². The van der Waals surface area contributed by atoms with Gasteiger partial charge in [0, 0.05) is 18.8 Å². The largest absolute Gasteiger partial charge is 0.481 e. The third-order valence-electron chi connectivity index (χ3n) is 5.24. The van der Waals surface area contributed by atoms with Crippen LogP contribution in [0.3, 0.4) is 0 Å². The Bertz CT molecular complexity index is 858. The van der Waals surface area contributed by atoms with Crippen LogP contribution in [0.2, 0.25) is 0 Å². The molecule has 3 rings (SSSR count). The van der Waals surface area contributed by atoms with Crippen LogP contribution >= 0.6 is 0 Å². The van der Waals surface area contributed by atoms with Crippen LogP contribution in [-0.4, -0.2) is 40.4 Å². The summed E-state index contributed by atoms with van der Waals surface area (Å²) >= 11 is 0. The number of aliphatic carboxylic acids is 1. The molecule has 2 atom stereocenters. The number of carboxylic acid groups (broad SMARTS) is 1. The van der Waals surface area contributed by atoms with Crippen molar-refractivity contribution in [1.29, 1.82) is 0 Å². The normalized spacial score (nSPS) is 22.9. The lowest BCUT2D eigenvalue weighted by molar-refractivity contribution is -0.158. The monoisotopic (exact) mass is 394 g/mol. The van der Waals surface area contributed by atoms with Crippen molar-refractivity contribution in [3.8, 4) is 0 Å². The fourth-order valence-corrected chi connectivity index (χ4v) is 3.65. The molecule has 1 aromatic heterocycles. The van der Waals surface area contributed by atoms with Crippen LogP contribution in [0, 0.1) is 12.3 Å². The van der Waals surface area contributed by atoms with Crippen molar-refractivity contribution >= 4 is 11.8 Å². The summed E-state index contributed by atoms with van der Waals surface area (Å²) in [6, 6.07) is 10.9. The van der Waals surface area contributed by atoms with Gasteiger partial charge in [0.1, 0.15) is 11.2 Å². The molecule has 0 amide bonds. The van der Waals surface area contributed by atoms with Crippen molar-refractivity contribution in [3.63, 3.8) is 0 Å². The first-order chi connectivity index (χ1) is 13.1. The van der Waals surface area contributed by atoms with Gasteiger partial charge in [0.05, 0.1) is 11.7 Å². The van der Waals surface area contributed by atoms with E-state index in [-0.39, 0.29) is 37.4 Å². The number of piperidine rings is 1. The van der Waals surface area contributed by atoms with Crippen molar-refractivity contribution in [2.45, 2.75) is 32.0 Å². The van der Waals surface area contributed by atoms with Gasteiger partial charge in [-0.15, -0.1) is 0 Å². The van der Waals surface area contributed by atoms with Crippen molar-refractivity contribution in [2.24, 2.45) is 5.41 Å². The maximum absolute atomic E-state index is 13.1. The number of aromatic nitrogens is 1. The molecule has 0 saturated carbocycles. The topological polar surface area (TPSA) is 73.7 Å². The number of anilines is 1. The van der Waals surface area contributed by atoms with E-state index in [0.717, 1.165) is 17.7 Å². The molecule has 5 nitrogen and oxygen atoms in total. The van der Waals surface area contributed by atoms with E-state index < -0.39 is 29.2 Å². The second-order valence-electron chi connectivity index (χ2n) is 7.19. The summed E-state index contributed by atoms with van der Waals surface area (Å²) in [4.78, 5) is 17.7. The lowest BCUT2D eigenvalue weighted by Crippen LogP contribution is -2.56. The Morgan fingerprint density at radius 3 is 2.54 bits per heavy atom. The summed E-state index contributed by atoms with van der Waals surface area (Å²) in [7, 11) is 0. The number of aliphatic hydroxyl groups excluding tert-OH is 1. The molecule has 8 heteroatoms. The number of aliphatic hydroxyl groups is 1. The SMILES string of the molecule is Cc1cc(C(F)(F)F)cc(N2CC[C@](Cc3ccccc3)(C(=O)O)[C@@H](O)C2)n1. The quantitative estimate of drug-likeness (QED) is 0.833. The Hall–Kier alpha value is -2.61. The van der Waals surface area contributed by atoms with E-state index in [1.807, 2.05) is 6.07 Å². The second kappa shape index (κ2) is 7.43. The Kier molecular flexibility index (Phi) is 5.34. The molecule has 1 saturated heterocycles. The number of alkyl halides is 3. The van der Waals surface area contributed by atoms with Gasteiger partial charge in [-0.3, -0.25) is 4.79 Å². The summed E-state index contributed by atoms with van der Waals surface area (Å²) in [5.74, 6) is -1.03. The fourth-order valence-electron chi connectivity index (χ4n) is 3.65. The Morgan fingerprint density at radius 1 is 1.29 bits per heavy atom. The molecule has 1 aromatic carbocycles. The zero-order chi connectivity index (χ0) is 20.5. The minimum Gasteiger partial charge on any atom is -0.481 e. The summed E-state index contributed by atoms with van der Waals surface area (Å²) in [6.45, 7) is 1.55. The minimum atomic E-state index is -4.50. The number of halogens is 3. The van der Waals surface area contributed by atoms with Crippen LogP contribution < -0.4 is 4.90 Å². The number of nitrogens with zero attached hydrogens (tertiary/aromatic N) is 2. The molecule has 28 heavy (non-hydrogen) atoms. The molecule has 1 aliphatic rings. The van der Waals surface area contributed by atoms with Gasteiger partial charge in [0.2, 0.25) is 0 Å². The average molecular weight is 394 g/mol. The van der Waals surface area contributed by atoms with E-state index in [1.165, 1.54) is 11.8 Å². The standard InChI is InChI=1S/C20H21F3N2O3/c1-13-9-15(20(21,22)23)10-17(24-13)25-8-7-19(18(27)28,16(26)12-25)11-14-5-3-2-4-6-14/h2-6,9-10,16,26H,7-8,11-12H2,1H3,(H,27,28)/t16-,19+/m0/s1. The van der Waals surface area contributed by atoms with Gasteiger partial charge >= 0.3 is 12.1 Å². The number of β-amino-alcohol motifs (C(OH)–C–C–N with tert-alkyl or cyclic N) is 1. The van der Waals surface area contributed by atoms with Gasteiger partial charge in [0.15, 0.2) is 0 Å². The molecule has 0 unspecified atom stereocenters. The summed E-state index contributed by atoms with van der Waals surface area (Å²) in [6.07, 6.45) is -5.52. The number of carbonyl (C=O) groups is 1. The van der Waals surface area contributed by atoms with Crippen LogP contribution in [0.4, 0.5) is 19.0 Å². The molecule has 0 radical (unpaired) electrons. The summed E-state index contributed by atoms with van der Waals surface area (Å²) in [5, 5.41) is 20.5. The van der Waals surface area contributed by atoms with E-state index in [9.17, 15) is 28.2 Å². The molecule has 0 spiro atoms. The van der Waals surface area contributed by atoms with Crippen molar-refractivity contribution in [2.75, 3.05) is 18.0 Å². The second-order valence-corrected chi connectivity index (χ2v) is 7.19. The van der Waals surface area contributed by atoms with E-state index in [0.29, 0.717) is 0 Å². The fraction of sp³-hybridized carbons (Fsp3) is 0.400. The van der Waals surface area contributed by atoms with Crippen LogP contribution in [0.1, 0.15) is 23.2 Å². The molecule has 0 bridgehead atoms. The minimum absolute atomic E-state index is 0.0880. The third kappa shape index (κ3) is 3.96. The number of rotatable bonds is 4. The molecule has 2 aromatic rings. The average Bonchev–Trinajstić information content (AvgIpc) is 2.63. The first-order valence-electron chi connectivity index (χ1n) is 8.88. The Balaban J connectivity index is 1.86. The lowest BCUT2D eigenvalue weighted by atomic mass is 9.71. The summed E-state index contributed by atoms with van der Waals surface area (Å²) in [5.41, 5.74) is -1.22. The number of pyridine rings is 1. The van der Waals surface area contributed by atoms with Gasteiger partial charge in [-0.2, -0.15) is 13.2 Å². The Labute approximate surface area is 160 Å². The predicted octanol–water partition coefficient (Wildman–Crippen LogP) is 3.29. The maximum atomic E-state index is 13.1. The highest BCUT2D eigenvalue weighted by Crippen LogP contribution is 2.38. The van der Waals surface area contributed by atoms with Gasteiger partial charge in [-0.05, 0) is 37.5 Å². The molecule has 1 aliphatic heterocycles. The zero-order valence-electron chi connectivity index (χ0n) is 15.3. The number of aryl methyl sites for hydroxylation is 1. The number of hydrogen-bond donors (Lipinski definition) is 2. The van der Waals surface area contributed by atoms with Crippen molar-refractivity contribution in [3.05, 3.63) is 59.3 Å². The van der Waals surface area contributed by atoms with Gasteiger partial charge in [-0.1, -0.05) is 30.3 Å². The first-order valence-corrected chi connectivity index (χ1v) is 8.88. The van der Waals surface area contributed by atoms with Crippen LogP contribution in [-0.2, 0) is 17.4 Å². The highest BCUT2D eigenvalue weighted by Gasteiger charge is 2.49. The highest BCUT2D eigenvalue weighted by molar-refractivity contribution is 5.76. The lowest BCUT2D eigenvalue weighted by Gasteiger charge is -2.43. The first kappa shape index (κ1) is 20.1. The molecule has 2 heterocycles. The maximum Gasteiger partial charge on any atom is 0.416 e. The molecule has 150 valence electrons. The van der Waals surface area contributed by atoms with Crippen molar-refractivity contribution < 1.29 is 28.2 Å². The zero-order valence-corrected chi connectivity index (χ0v) is 15.3. The number of hydrogen-bond acceptors (Lipinski definition) is 4. The van der Waals surface area contributed by atoms with E-state index in [4.69, 9.17) is 0 Å². The predicted molar refractivity (Wildman–Crippen MR) is 97.0 cm³/mol. The number of carboxylic acids is 1. The smallest absolute Gasteiger partial charge is 0.416 e. The van der Waals surface area contributed by atoms with Crippen LogP contribution in [0.25, 0.3) is 0 Å².